The van der Waals surface area contributed by atoms with Crippen molar-refractivity contribution in [3.63, 3.8) is 0 Å². The van der Waals surface area contributed by atoms with Gasteiger partial charge in [-0.15, -0.1) is 0 Å². The first-order valence-corrected chi connectivity index (χ1v) is 6.85. The molecule has 0 saturated carbocycles. The van der Waals surface area contributed by atoms with Gasteiger partial charge >= 0.3 is 5.97 Å². The predicted molar refractivity (Wildman–Crippen MR) is 74.6 cm³/mol. The Morgan fingerprint density at radius 1 is 1.48 bits per heavy atom. The van der Waals surface area contributed by atoms with Crippen LogP contribution in [-0.2, 0) is 4.79 Å². The maximum atomic E-state index is 13.9. The van der Waals surface area contributed by atoms with Crippen molar-refractivity contribution in [1.29, 1.82) is 0 Å². The number of nitrogen functional groups attached to an aromatic ring is 1. The molecular formula is C14H16FN3O3. The summed E-state index contributed by atoms with van der Waals surface area (Å²) in [4.78, 5) is 24.6. The highest BCUT2D eigenvalue weighted by molar-refractivity contribution is 5.91. The quantitative estimate of drug-likeness (QED) is 0.702. The summed E-state index contributed by atoms with van der Waals surface area (Å²) in [5.41, 5.74) is 6.14. The van der Waals surface area contributed by atoms with E-state index in [0.717, 1.165) is 25.0 Å². The van der Waals surface area contributed by atoms with E-state index in [-0.39, 0.29) is 23.6 Å². The van der Waals surface area contributed by atoms with Gasteiger partial charge in [0, 0.05) is 19.2 Å². The summed E-state index contributed by atoms with van der Waals surface area (Å²) in [5.74, 6) is -2.25. The first-order chi connectivity index (χ1) is 9.99. The molecule has 2 heterocycles. The SMILES string of the molecule is Nc1cc(C(=O)O)c(F)cc1N1CCCC2C(=O)NCC21. The van der Waals surface area contributed by atoms with Crippen molar-refractivity contribution in [2.45, 2.75) is 18.9 Å². The van der Waals surface area contributed by atoms with E-state index in [9.17, 15) is 14.0 Å². The van der Waals surface area contributed by atoms with Crippen molar-refractivity contribution in [3.05, 3.63) is 23.5 Å². The molecule has 2 fully saturated rings. The second-order valence-corrected chi connectivity index (χ2v) is 5.45. The van der Waals surface area contributed by atoms with Crippen molar-refractivity contribution < 1.29 is 19.1 Å². The highest BCUT2D eigenvalue weighted by Gasteiger charge is 2.41. The second kappa shape index (κ2) is 4.91. The highest BCUT2D eigenvalue weighted by atomic mass is 19.1. The highest BCUT2D eigenvalue weighted by Crippen LogP contribution is 2.35. The molecule has 21 heavy (non-hydrogen) atoms. The predicted octanol–water partition coefficient (Wildman–Crippen LogP) is 0.821. The van der Waals surface area contributed by atoms with Gasteiger partial charge in [0.25, 0.3) is 0 Å². The lowest BCUT2D eigenvalue weighted by atomic mass is 9.90. The van der Waals surface area contributed by atoms with E-state index in [1.165, 1.54) is 0 Å². The summed E-state index contributed by atoms with van der Waals surface area (Å²) in [5, 5.41) is 11.7. The number of amides is 1. The largest absolute Gasteiger partial charge is 0.478 e. The van der Waals surface area contributed by atoms with Crippen LogP contribution in [0.15, 0.2) is 12.1 Å². The number of carbonyl (C=O) groups is 2. The van der Waals surface area contributed by atoms with Gasteiger partial charge in [0.05, 0.1) is 28.9 Å². The molecule has 0 bridgehead atoms. The zero-order valence-corrected chi connectivity index (χ0v) is 11.3. The van der Waals surface area contributed by atoms with Crippen molar-refractivity contribution in [2.75, 3.05) is 23.7 Å². The van der Waals surface area contributed by atoms with Crippen LogP contribution in [0.1, 0.15) is 23.2 Å². The van der Waals surface area contributed by atoms with Crippen molar-refractivity contribution in [1.82, 2.24) is 5.32 Å². The standard InChI is InChI=1S/C14H16FN3O3/c15-9-5-11(10(16)4-8(9)14(20)21)18-3-1-2-7-12(18)6-17-13(7)19/h4-5,7,12H,1-3,6,16H2,(H,17,19)(H,20,21). The van der Waals surface area contributed by atoms with E-state index in [2.05, 4.69) is 5.32 Å². The molecule has 2 unspecified atom stereocenters. The molecule has 2 saturated heterocycles. The zero-order valence-electron chi connectivity index (χ0n) is 11.3. The topological polar surface area (TPSA) is 95.7 Å². The number of carboxylic acids is 1. The van der Waals surface area contributed by atoms with Crippen LogP contribution in [0.2, 0.25) is 0 Å². The Bertz CT molecular complexity index is 620. The van der Waals surface area contributed by atoms with Gasteiger partial charge in [-0.3, -0.25) is 4.79 Å². The van der Waals surface area contributed by atoms with Crippen LogP contribution >= 0.6 is 0 Å². The van der Waals surface area contributed by atoms with Gasteiger partial charge in [-0.2, -0.15) is 0 Å². The van der Waals surface area contributed by atoms with E-state index in [1.807, 2.05) is 4.90 Å². The molecule has 0 aliphatic carbocycles. The Labute approximate surface area is 120 Å². The number of carboxylic acid groups (broad SMARTS) is 1. The molecule has 112 valence electrons. The van der Waals surface area contributed by atoms with E-state index < -0.39 is 17.3 Å². The van der Waals surface area contributed by atoms with Gasteiger partial charge in [0.1, 0.15) is 5.82 Å². The maximum absolute atomic E-state index is 13.9. The Morgan fingerprint density at radius 3 is 2.95 bits per heavy atom. The average Bonchev–Trinajstić information content (AvgIpc) is 2.83. The van der Waals surface area contributed by atoms with Crippen molar-refractivity contribution >= 4 is 23.3 Å². The molecule has 4 N–H and O–H groups in total. The number of anilines is 2. The third-order valence-corrected chi connectivity index (χ3v) is 4.26. The number of piperidine rings is 1. The Hall–Kier alpha value is -2.31. The molecule has 2 atom stereocenters. The first-order valence-electron chi connectivity index (χ1n) is 6.85. The molecule has 2 aliphatic heterocycles. The van der Waals surface area contributed by atoms with E-state index in [1.54, 1.807) is 0 Å². The average molecular weight is 293 g/mol. The van der Waals surface area contributed by atoms with Crippen LogP contribution in [0.4, 0.5) is 15.8 Å². The minimum absolute atomic E-state index is 0.0194. The zero-order chi connectivity index (χ0) is 15.1. The van der Waals surface area contributed by atoms with Gasteiger partial charge in [0.15, 0.2) is 0 Å². The molecule has 1 aromatic rings. The van der Waals surface area contributed by atoms with Crippen LogP contribution < -0.4 is 16.0 Å². The van der Waals surface area contributed by atoms with Crippen LogP contribution in [0.5, 0.6) is 0 Å². The van der Waals surface area contributed by atoms with Gasteiger partial charge < -0.3 is 21.1 Å². The molecule has 0 aromatic heterocycles. The van der Waals surface area contributed by atoms with Crippen LogP contribution in [0, 0.1) is 11.7 Å². The summed E-state index contributed by atoms with van der Waals surface area (Å²) in [7, 11) is 0. The summed E-state index contributed by atoms with van der Waals surface area (Å²) >= 11 is 0. The number of halogens is 1. The van der Waals surface area contributed by atoms with E-state index >= 15 is 0 Å². The monoisotopic (exact) mass is 293 g/mol. The Morgan fingerprint density at radius 2 is 2.24 bits per heavy atom. The molecule has 0 spiro atoms. The number of nitrogens with zero attached hydrogens (tertiary/aromatic N) is 1. The molecule has 6 nitrogen and oxygen atoms in total. The summed E-state index contributed by atoms with van der Waals surface area (Å²) in [6.45, 7) is 1.18. The smallest absolute Gasteiger partial charge is 0.338 e. The number of hydrogen-bond donors (Lipinski definition) is 3. The minimum atomic E-state index is -1.35. The van der Waals surface area contributed by atoms with Gasteiger partial charge in [-0.1, -0.05) is 0 Å². The van der Waals surface area contributed by atoms with Crippen molar-refractivity contribution in [2.24, 2.45) is 5.92 Å². The Kier molecular flexibility index (Phi) is 3.19. The number of fused-ring (bicyclic) bond motifs is 1. The molecule has 1 aromatic carbocycles. The first kappa shape index (κ1) is 13.7. The number of nitrogens with one attached hydrogen (secondary N) is 1. The van der Waals surface area contributed by atoms with Crippen LogP contribution in [0.3, 0.4) is 0 Å². The van der Waals surface area contributed by atoms with Gasteiger partial charge in [-0.05, 0) is 18.9 Å². The number of rotatable bonds is 2. The third-order valence-electron chi connectivity index (χ3n) is 4.26. The molecule has 2 aliphatic rings. The summed E-state index contributed by atoms with van der Waals surface area (Å²) in [6.07, 6.45) is 1.62. The maximum Gasteiger partial charge on any atom is 0.338 e. The number of aromatic carboxylic acids is 1. The normalized spacial score (nSPS) is 24.6. The van der Waals surface area contributed by atoms with Gasteiger partial charge in [-0.25, -0.2) is 9.18 Å². The fraction of sp³-hybridized carbons (Fsp3) is 0.429. The summed E-state index contributed by atoms with van der Waals surface area (Å²) in [6, 6.07) is 2.24. The minimum Gasteiger partial charge on any atom is -0.478 e. The van der Waals surface area contributed by atoms with Crippen LogP contribution in [0.25, 0.3) is 0 Å². The van der Waals surface area contributed by atoms with Gasteiger partial charge in [0.2, 0.25) is 5.91 Å². The molecular weight excluding hydrogens is 277 g/mol. The molecule has 7 heteroatoms. The second-order valence-electron chi connectivity index (χ2n) is 5.45. The number of hydrogen-bond acceptors (Lipinski definition) is 4. The van der Waals surface area contributed by atoms with Crippen molar-refractivity contribution in [3.8, 4) is 0 Å². The van der Waals surface area contributed by atoms with Crippen LogP contribution in [-0.4, -0.2) is 36.1 Å². The fourth-order valence-electron chi connectivity index (χ4n) is 3.24. The van der Waals surface area contributed by atoms with E-state index in [0.29, 0.717) is 18.8 Å². The summed E-state index contributed by atoms with van der Waals surface area (Å²) < 4.78 is 13.9. The molecule has 3 rings (SSSR count). The Balaban J connectivity index is 1.98. The number of carbonyl (C=O) groups excluding carboxylic acids is 1. The lowest BCUT2D eigenvalue weighted by Crippen LogP contribution is -2.46. The third kappa shape index (κ3) is 2.18. The number of nitrogens with two attached hydrogens (primary N) is 1. The molecule has 0 radical (unpaired) electrons. The lowest BCUT2D eigenvalue weighted by molar-refractivity contribution is -0.123. The molecule has 1 amide bonds. The number of benzene rings is 1. The van der Waals surface area contributed by atoms with E-state index in [4.69, 9.17) is 10.8 Å². The fourth-order valence-corrected chi connectivity index (χ4v) is 3.24. The lowest BCUT2D eigenvalue weighted by Gasteiger charge is -2.38.